The van der Waals surface area contributed by atoms with Gasteiger partial charge in [0.15, 0.2) is 0 Å². The zero-order chi connectivity index (χ0) is 21.1. The summed E-state index contributed by atoms with van der Waals surface area (Å²) in [5.74, 6) is 3.17. The molecule has 1 unspecified atom stereocenters. The van der Waals surface area contributed by atoms with Crippen LogP contribution in [0.25, 0.3) is 0 Å². The molecular formula is C11H11ClF7N3O3S. The highest BCUT2D eigenvalue weighted by Gasteiger charge is 2.72. The molecule has 150 valence electrons. The average Bonchev–Trinajstić information content (AvgIpc) is 2.48. The van der Waals surface area contributed by atoms with Crippen LogP contribution >= 0.6 is 11.6 Å². The van der Waals surface area contributed by atoms with Crippen molar-refractivity contribution in [2.75, 3.05) is 0 Å². The Kier molecular flexibility index (Phi) is 7.44. The van der Waals surface area contributed by atoms with Gasteiger partial charge in [-0.25, -0.2) is 23.0 Å². The van der Waals surface area contributed by atoms with Gasteiger partial charge in [-0.3, -0.25) is 4.79 Å². The standard InChI is InChI=1S/C10H8ClF7N2O2S.CH3NO/c1-8(13,9(14,15)16)10(17,18)20(19)23(21,22)5-2-3-6(11)7(12)4-5;2-1-3/h2-4H,19H2,1H3;1H,(H2,2,3). The predicted molar refractivity (Wildman–Crippen MR) is 75.4 cm³/mol. The number of hydrogen-bond acceptors (Lipinski definition) is 4. The molecule has 6 nitrogen and oxygen atoms in total. The van der Waals surface area contributed by atoms with Gasteiger partial charge in [0.1, 0.15) is 5.82 Å². The zero-order valence-electron chi connectivity index (χ0n) is 12.6. The van der Waals surface area contributed by atoms with Gasteiger partial charge in [0.25, 0.3) is 15.7 Å². The van der Waals surface area contributed by atoms with Crippen LogP contribution in [0.4, 0.5) is 30.7 Å². The van der Waals surface area contributed by atoms with Gasteiger partial charge in [-0.05, 0) is 25.1 Å². The van der Waals surface area contributed by atoms with Crippen LogP contribution in [0.1, 0.15) is 6.92 Å². The van der Waals surface area contributed by atoms with Crippen LogP contribution in [-0.2, 0) is 14.8 Å². The molecule has 0 radical (unpaired) electrons. The van der Waals surface area contributed by atoms with Crippen LogP contribution in [0.5, 0.6) is 0 Å². The molecule has 0 saturated carbocycles. The second kappa shape index (κ2) is 7.94. The highest BCUT2D eigenvalue weighted by Crippen LogP contribution is 2.47. The fraction of sp³-hybridized carbons (Fsp3) is 0.364. The fourth-order valence-corrected chi connectivity index (χ4v) is 2.59. The van der Waals surface area contributed by atoms with E-state index in [1.54, 1.807) is 0 Å². The third kappa shape index (κ3) is 4.55. The van der Waals surface area contributed by atoms with Gasteiger partial charge < -0.3 is 5.73 Å². The summed E-state index contributed by atoms with van der Waals surface area (Å²) >= 11 is 5.26. The smallest absolute Gasteiger partial charge is 0.372 e. The van der Waals surface area contributed by atoms with Crippen molar-refractivity contribution in [3.05, 3.63) is 29.0 Å². The fourth-order valence-electron chi connectivity index (χ4n) is 1.28. The van der Waals surface area contributed by atoms with E-state index in [1.807, 2.05) is 0 Å². The van der Waals surface area contributed by atoms with Crippen molar-refractivity contribution >= 4 is 28.0 Å². The zero-order valence-corrected chi connectivity index (χ0v) is 14.1. The average molecular weight is 434 g/mol. The minimum Gasteiger partial charge on any atom is -0.372 e. The van der Waals surface area contributed by atoms with E-state index in [0.29, 0.717) is 12.1 Å². The third-order valence-electron chi connectivity index (χ3n) is 2.82. The minimum absolute atomic E-state index is 0.150. The normalized spacial score (nSPS) is 15.0. The lowest BCUT2D eigenvalue weighted by Gasteiger charge is -2.36. The quantitative estimate of drug-likeness (QED) is 0.250. The number of amides is 1. The lowest BCUT2D eigenvalue weighted by Crippen LogP contribution is -2.65. The molecule has 1 aromatic rings. The Labute approximate surface area is 147 Å². The SMILES string of the molecule is CC(F)(C(F)(F)F)C(F)(F)N(N)S(=O)(=O)c1ccc(Cl)c(F)c1.NC=O. The van der Waals surface area contributed by atoms with Gasteiger partial charge in [-0.2, -0.15) is 22.0 Å². The first-order valence-electron chi connectivity index (χ1n) is 6.02. The Hall–Kier alpha value is -1.64. The summed E-state index contributed by atoms with van der Waals surface area (Å²) in [5.41, 5.74) is -1.13. The molecule has 0 heterocycles. The first-order chi connectivity index (χ1) is 11.5. The number of sulfonamides is 1. The first-order valence-corrected chi connectivity index (χ1v) is 7.84. The van der Waals surface area contributed by atoms with E-state index in [0.717, 1.165) is 0 Å². The maximum absolute atomic E-state index is 13.7. The molecule has 0 fully saturated rings. The number of hydrogen-bond donors (Lipinski definition) is 2. The number of rotatable bonds is 4. The van der Waals surface area contributed by atoms with Crippen LogP contribution in [0.2, 0.25) is 5.02 Å². The second-order valence-electron chi connectivity index (χ2n) is 4.55. The summed E-state index contributed by atoms with van der Waals surface area (Å²) < 4.78 is 113. The van der Waals surface area contributed by atoms with Crippen LogP contribution in [0, 0.1) is 5.82 Å². The number of halogens is 8. The molecule has 1 aromatic carbocycles. The molecule has 0 aliphatic heterocycles. The molecule has 26 heavy (non-hydrogen) atoms. The maximum atomic E-state index is 13.7. The summed E-state index contributed by atoms with van der Waals surface area (Å²) in [6, 6.07) is -4.40. The number of primary amides is 1. The summed E-state index contributed by atoms with van der Waals surface area (Å²) in [5, 5.41) is -0.579. The summed E-state index contributed by atoms with van der Waals surface area (Å²) in [6.07, 6.45) is -5.88. The monoisotopic (exact) mass is 433 g/mol. The molecule has 0 saturated heterocycles. The highest BCUT2D eigenvalue weighted by molar-refractivity contribution is 7.89. The summed E-state index contributed by atoms with van der Waals surface area (Å²) in [7, 11) is -5.56. The van der Waals surface area contributed by atoms with E-state index >= 15 is 0 Å². The Morgan fingerprint density at radius 1 is 1.15 bits per heavy atom. The first kappa shape index (κ1) is 24.4. The second-order valence-corrected chi connectivity index (χ2v) is 6.78. The minimum atomic E-state index is -6.13. The number of alkyl halides is 6. The lowest BCUT2D eigenvalue weighted by molar-refractivity contribution is -0.322. The van der Waals surface area contributed by atoms with Gasteiger partial charge in [0.05, 0.1) is 9.92 Å². The van der Waals surface area contributed by atoms with Crippen LogP contribution in [-0.4, -0.2) is 37.1 Å². The molecule has 1 amide bonds. The van der Waals surface area contributed by atoms with Crippen molar-refractivity contribution in [2.45, 2.75) is 29.7 Å². The molecule has 0 aliphatic rings. The topological polar surface area (TPSA) is 106 Å². The number of benzene rings is 1. The molecule has 1 atom stereocenters. The molecular weight excluding hydrogens is 423 g/mol. The number of carbonyl (C=O) groups is 1. The summed E-state index contributed by atoms with van der Waals surface area (Å²) in [4.78, 5) is 7.35. The Balaban J connectivity index is 0.00000194. The number of nitrogens with zero attached hydrogens (tertiary/aromatic N) is 1. The highest BCUT2D eigenvalue weighted by atomic mass is 35.5. The van der Waals surface area contributed by atoms with E-state index in [2.05, 4.69) is 11.6 Å². The van der Waals surface area contributed by atoms with Crippen LogP contribution in [0.3, 0.4) is 0 Å². The molecule has 0 spiro atoms. The van der Waals surface area contributed by atoms with Crippen molar-refractivity contribution < 1.29 is 43.9 Å². The maximum Gasteiger partial charge on any atom is 0.429 e. The molecule has 4 N–H and O–H groups in total. The van der Waals surface area contributed by atoms with Gasteiger partial charge >= 0.3 is 12.2 Å². The van der Waals surface area contributed by atoms with Gasteiger partial charge in [0, 0.05) is 0 Å². The van der Waals surface area contributed by atoms with Crippen molar-refractivity contribution in [2.24, 2.45) is 11.6 Å². The van der Waals surface area contributed by atoms with E-state index in [4.69, 9.17) is 16.4 Å². The summed E-state index contributed by atoms with van der Waals surface area (Å²) in [6.45, 7) is -0.579. The number of hydrazine groups is 1. The Morgan fingerprint density at radius 3 is 1.92 bits per heavy atom. The van der Waals surface area contributed by atoms with Gasteiger partial charge in [-0.1, -0.05) is 16.0 Å². The lowest BCUT2D eigenvalue weighted by atomic mass is 10.1. The number of nitrogens with two attached hydrogens (primary N) is 2. The molecule has 15 heteroatoms. The number of carbonyl (C=O) groups excluding carboxylic acids is 1. The van der Waals surface area contributed by atoms with E-state index < -0.39 is 55.0 Å². The third-order valence-corrected chi connectivity index (χ3v) is 4.73. The van der Waals surface area contributed by atoms with Crippen molar-refractivity contribution in [1.29, 1.82) is 0 Å². The van der Waals surface area contributed by atoms with Crippen LogP contribution < -0.4 is 11.6 Å². The molecule has 1 rings (SSSR count). The van der Waals surface area contributed by atoms with E-state index in [9.17, 15) is 39.2 Å². The molecule has 0 aromatic heterocycles. The van der Waals surface area contributed by atoms with E-state index in [1.165, 1.54) is 0 Å². The Morgan fingerprint density at radius 2 is 1.58 bits per heavy atom. The van der Waals surface area contributed by atoms with Crippen molar-refractivity contribution in [3.8, 4) is 0 Å². The van der Waals surface area contributed by atoms with Crippen molar-refractivity contribution in [3.63, 3.8) is 0 Å². The van der Waals surface area contributed by atoms with Crippen molar-refractivity contribution in [1.82, 2.24) is 4.41 Å². The largest absolute Gasteiger partial charge is 0.429 e. The van der Waals surface area contributed by atoms with Gasteiger partial charge in [0.2, 0.25) is 6.41 Å². The van der Waals surface area contributed by atoms with Gasteiger partial charge in [-0.15, -0.1) is 0 Å². The molecule has 0 aliphatic carbocycles. The predicted octanol–water partition coefficient (Wildman–Crippen LogP) is 2.33. The Bertz CT molecular complexity index is 756. The molecule has 0 bridgehead atoms. The van der Waals surface area contributed by atoms with Crippen LogP contribution in [0.15, 0.2) is 23.1 Å². The van der Waals surface area contributed by atoms with E-state index in [-0.39, 0.29) is 12.5 Å².